The molecule has 0 saturated carbocycles. The first-order valence-electron chi connectivity index (χ1n) is 8.08. The van der Waals surface area contributed by atoms with Crippen LogP contribution in [0.3, 0.4) is 0 Å². The normalized spacial score (nSPS) is 11.8. The van der Waals surface area contributed by atoms with E-state index in [1.54, 1.807) is 6.92 Å². The summed E-state index contributed by atoms with van der Waals surface area (Å²) in [6.45, 7) is 6.32. The van der Waals surface area contributed by atoms with Crippen molar-refractivity contribution in [2.75, 3.05) is 6.54 Å². The second kappa shape index (κ2) is 8.59. The predicted molar refractivity (Wildman–Crippen MR) is 96.9 cm³/mol. The summed E-state index contributed by atoms with van der Waals surface area (Å²) in [5.41, 5.74) is 2.96. The van der Waals surface area contributed by atoms with Crippen LogP contribution in [0.2, 0.25) is 0 Å². The summed E-state index contributed by atoms with van der Waals surface area (Å²) >= 11 is 1.52. The van der Waals surface area contributed by atoms with E-state index < -0.39 is 6.04 Å². The number of hydrogen-bond donors (Lipinski definition) is 2. The van der Waals surface area contributed by atoms with E-state index in [2.05, 4.69) is 15.6 Å². The minimum Gasteiger partial charge on any atom is -0.354 e. The Morgan fingerprint density at radius 1 is 1.25 bits per heavy atom. The van der Waals surface area contributed by atoms with Crippen molar-refractivity contribution in [2.24, 2.45) is 0 Å². The summed E-state index contributed by atoms with van der Waals surface area (Å²) in [5, 5.41) is 8.25. The van der Waals surface area contributed by atoms with Gasteiger partial charge in [-0.1, -0.05) is 36.8 Å². The largest absolute Gasteiger partial charge is 0.354 e. The highest BCUT2D eigenvalue weighted by Gasteiger charge is 2.16. The van der Waals surface area contributed by atoms with Crippen molar-refractivity contribution in [1.82, 2.24) is 15.6 Å². The van der Waals surface area contributed by atoms with Crippen molar-refractivity contribution in [1.29, 1.82) is 0 Å². The lowest BCUT2D eigenvalue weighted by Gasteiger charge is -2.13. The zero-order valence-corrected chi connectivity index (χ0v) is 15.1. The molecule has 2 amide bonds. The van der Waals surface area contributed by atoms with Gasteiger partial charge in [0.15, 0.2) is 0 Å². The fourth-order valence-corrected chi connectivity index (χ4v) is 2.97. The van der Waals surface area contributed by atoms with Gasteiger partial charge in [0.25, 0.3) is 0 Å². The standard InChI is InChI=1S/C18H23N3O2S/c1-4-9-19-17(23)13(3)20-16(22)10-15-11-24-18(21-15)14-7-5-12(2)6-8-14/h5-8,11,13H,4,9-10H2,1-3H3,(H,19,23)(H,20,22)/t13-/m1/s1. The van der Waals surface area contributed by atoms with Crippen molar-refractivity contribution < 1.29 is 9.59 Å². The molecule has 0 aliphatic heterocycles. The van der Waals surface area contributed by atoms with Crippen LogP contribution in [0.1, 0.15) is 31.5 Å². The van der Waals surface area contributed by atoms with Gasteiger partial charge in [0.2, 0.25) is 11.8 Å². The highest BCUT2D eigenvalue weighted by Crippen LogP contribution is 2.24. The molecule has 0 fully saturated rings. The number of aromatic nitrogens is 1. The van der Waals surface area contributed by atoms with E-state index in [9.17, 15) is 9.59 Å². The van der Waals surface area contributed by atoms with Gasteiger partial charge in [0, 0.05) is 17.5 Å². The van der Waals surface area contributed by atoms with Crippen molar-refractivity contribution in [3.8, 4) is 10.6 Å². The van der Waals surface area contributed by atoms with E-state index in [-0.39, 0.29) is 18.2 Å². The van der Waals surface area contributed by atoms with Gasteiger partial charge in [-0.3, -0.25) is 9.59 Å². The van der Waals surface area contributed by atoms with E-state index in [0.717, 1.165) is 17.0 Å². The lowest BCUT2D eigenvalue weighted by atomic mass is 10.2. The lowest BCUT2D eigenvalue weighted by Crippen LogP contribution is -2.45. The van der Waals surface area contributed by atoms with Gasteiger partial charge in [-0.25, -0.2) is 4.98 Å². The second-order valence-electron chi connectivity index (χ2n) is 5.77. The third-order valence-electron chi connectivity index (χ3n) is 3.51. The molecule has 1 heterocycles. The number of rotatable bonds is 7. The number of hydrogen-bond acceptors (Lipinski definition) is 4. The number of amides is 2. The maximum atomic E-state index is 12.1. The summed E-state index contributed by atoms with van der Waals surface area (Å²) in [7, 11) is 0. The predicted octanol–water partition coefficient (Wildman–Crippen LogP) is 2.69. The third kappa shape index (κ3) is 5.16. The molecule has 2 aromatic rings. The summed E-state index contributed by atoms with van der Waals surface area (Å²) < 4.78 is 0. The Bertz CT molecular complexity index is 695. The molecule has 1 aromatic carbocycles. The summed E-state index contributed by atoms with van der Waals surface area (Å²) in [4.78, 5) is 28.3. The number of benzene rings is 1. The van der Waals surface area contributed by atoms with Crippen LogP contribution in [-0.4, -0.2) is 29.4 Å². The maximum Gasteiger partial charge on any atom is 0.242 e. The second-order valence-corrected chi connectivity index (χ2v) is 6.63. The number of aryl methyl sites for hydroxylation is 1. The van der Waals surface area contributed by atoms with E-state index in [1.165, 1.54) is 16.9 Å². The molecule has 0 bridgehead atoms. The molecule has 0 radical (unpaired) electrons. The van der Waals surface area contributed by atoms with Crippen molar-refractivity contribution in [2.45, 2.75) is 39.7 Å². The smallest absolute Gasteiger partial charge is 0.242 e. The molecule has 2 N–H and O–H groups in total. The first-order valence-corrected chi connectivity index (χ1v) is 8.96. The number of carbonyl (C=O) groups is 2. The van der Waals surface area contributed by atoms with Crippen LogP contribution in [0.5, 0.6) is 0 Å². The molecule has 128 valence electrons. The molecule has 0 aliphatic carbocycles. The van der Waals surface area contributed by atoms with E-state index in [1.807, 2.05) is 43.5 Å². The monoisotopic (exact) mass is 345 g/mol. The molecule has 5 nitrogen and oxygen atoms in total. The van der Waals surface area contributed by atoms with Crippen LogP contribution in [0.25, 0.3) is 10.6 Å². The van der Waals surface area contributed by atoms with E-state index in [4.69, 9.17) is 0 Å². The van der Waals surface area contributed by atoms with Gasteiger partial charge >= 0.3 is 0 Å². The zero-order chi connectivity index (χ0) is 17.5. The molecule has 0 aliphatic rings. The number of nitrogens with one attached hydrogen (secondary N) is 2. The quantitative estimate of drug-likeness (QED) is 0.810. The average molecular weight is 345 g/mol. The van der Waals surface area contributed by atoms with Crippen molar-refractivity contribution in [3.05, 3.63) is 40.9 Å². The third-order valence-corrected chi connectivity index (χ3v) is 4.45. The Morgan fingerprint density at radius 3 is 2.62 bits per heavy atom. The van der Waals surface area contributed by atoms with Crippen LogP contribution in [-0.2, 0) is 16.0 Å². The van der Waals surface area contributed by atoms with E-state index in [0.29, 0.717) is 12.2 Å². The fourth-order valence-electron chi connectivity index (χ4n) is 2.14. The number of carbonyl (C=O) groups excluding carboxylic acids is 2. The van der Waals surface area contributed by atoms with Gasteiger partial charge in [-0.15, -0.1) is 11.3 Å². The summed E-state index contributed by atoms with van der Waals surface area (Å²) in [6, 6.07) is 7.59. The Morgan fingerprint density at radius 2 is 1.96 bits per heavy atom. The molecule has 1 atom stereocenters. The molecule has 0 unspecified atom stereocenters. The fraction of sp³-hybridized carbons (Fsp3) is 0.389. The van der Waals surface area contributed by atoms with Gasteiger partial charge in [-0.05, 0) is 20.3 Å². The molecular weight excluding hydrogens is 322 g/mol. The van der Waals surface area contributed by atoms with Gasteiger partial charge in [0.1, 0.15) is 11.0 Å². The Hall–Kier alpha value is -2.21. The highest BCUT2D eigenvalue weighted by atomic mass is 32.1. The molecule has 2 rings (SSSR count). The topological polar surface area (TPSA) is 71.1 Å². The summed E-state index contributed by atoms with van der Waals surface area (Å²) in [6.07, 6.45) is 1.04. The molecule has 24 heavy (non-hydrogen) atoms. The highest BCUT2D eigenvalue weighted by molar-refractivity contribution is 7.13. The van der Waals surface area contributed by atoms with Gasteiger partial charge in [-0.2, -0.15) is 0 Å². The molecule has 6 heteroatoms. The Kier molecular flexibility index (Phi) is 6.49. The molecule has 1 aromatic heterocycles. The van der Waals surface area contributed by atoms with Crippen LogP contribution >= 0.6 is 11.3 Å². The van der Waals surface area contributed by atoms with Crippen LogP contribution in [0, 0.1) is 6.92 Å². The van der Waals surface area contributed by atoms with E-state index >= 15 is 0 Å². The SMILES string of the molecule is CCCNC(=O)[C@@H](C)NC(=O)Cc1csc(-c2ccc(C)cc2)n1. The molecule has 0 saturated heterocycles. The van der Waals surface area contributed by atoms with Crippen molar-refractivity contribution in [3.63, 3.8) is 0 Å². The number of thiazole rings is 1. The minimum absolute atomic E-state index is 0.163. The van der Waals surface area contributed by atoms with Crippen LogP contribution in [0.4, 0.5) is 0 Å². The zero-order valence-electron chi connectivity index (χ0n) is 14.3. The summed E-state index contributed by atoms with van der Waals surface area (Å²) in [5.74, 6) is -0.362. The maximum absolute atomic E-state index is 12.1. The minimum atomic E-state index is -0.542. The first kappa shape index (κ1) is 18.1. The molecular formula is C18H23N3O2S. The van der Waals surface area contributed by atoms with Crippen LogP contribution < -0.4 is 10.6 Å². The molecule has 0 spiro atoms. The van der Waals surface area contributed by atoms with Crippen LogP contribution in [0.15, 0.2) is 29.6 Å². The van der Waals surface area contributed by atoms with Gasteiger partial charge in [0.05, 0.1) is 12.1 Å². The Balaban J connectivity index is 1.90. The first-order chi connectivity index (χ1) is 11.5. The lowest BCUT2D eigenvalue weighted by molar-refractivity contribution is -0.128. The van der Waals surface area contributed by atoms with Crippen molar-refractivity contribution >= 4 is 23.2 Å². The average Bonchev–Trinajstić information content (AvgIpc) is 3.01. The van der Waals surface area contributed by atoms with Gasteiger partial charge < -0.3 is 10.6 Å². The number of nitrogens with zero attached hydrogens (tertiary/aromatic N) is 1. The Labute approximate surface area is 146 Å².